The van der Waals surface area contributed by atoms with Crippen LogP contribution in [-0.2, 0) is 6.42 Å². The summed E-state index contributed by atoms with van der Waals surface area (Å²) in [6, 6.07) is 4.44. The van der Waals surface area contributed by atoms with E-state index in [-0.39, 0.29) is 0 Å². The van der Waals surface area contributed by atoms with Crippen LogP contribution in [0.4, 0.5) is 5.69 Å². The SMILES string of the molecule is C1=Cc2c1ccc1c2NCC1. The maximum atomic E-state index is 3.41. The lowest BCUT2D eigenvalue weighted by atomic mass is 9.93. The van der Waals surface area contributed by atoms with E-state index in [4.69, 9.17) is 0 Å². The fourth-order valence-corrected chi connectivity index (χ4v) is 1.82. The van der Waals surface area contributed by atoms with Crippen molar-refractivity contribution in [1.29, 1.82) is 0 Å². The largest absolute Gasteiger partial charge is 0.384 e. The first-order chi connectivity index (χ1) is 5.45. The van der Waals surface area contributed by atoms with Gasteiger partial charge in [0.1, 0.15) is 0 Å². The molecule has 1 aromatic carbocycles. The Balaban J connectivity index is 2.31. The number of anilines is 1. The van der Waals surface area contributed by atoms with Crippen LogP contribution in [0.5, 0.6) is 0 Å². The van der Waals surface area contributed by atoms with Gasteiger partial charge in [0, 0.05) is 17.8 Å². The Morgan fingerprint density at radius 1 is 1.18 bits per heavy atom. The zero-order valence-electron chi connectivity index (χ0n) is 6.22. The topological polar surface area (TPSA) is 12.0 Å². The number of benzene rings is 1. The molecule has 0 fully saturated rings. The zero-order chi connectivity index (χ0) is 7.26. The van der Waals surface area contributed by atoms with Gasteiger partial charge in [0.25, 0.3) is 0 Å². The molecule has 0 spiro atoms. The van der Waals surface area contributed by atoms with Crippen LogP contribution in [0.1, 0.15) is 16.7 Å². The Labute approximate surface area is 65.7 Å². The lowest BCUT2D eigenvalue weighted by Crippen LogP contribution is -1.97. The van der Waals surface area contributed by atoms with Gasteiger partial charge in [0.15, 0.2) is 0 Å². The van der Waals surface area contributed by atoms with E-state index in [0.717, 1.165) is 6.54 Å². The number of hydrogen-bond acceptors (Lipinski definition) is 1. The third-order valence-electron chi connectivity index (χ3n) is 2.49. The normalized spacial score (nSPS) is 16.7. The molecular formula is C10H9N. The van der Waals surface area contributed by atoms with Crippen LogP contribution in [0.2, 0.25) is 0 Å². The maximum Gasteiger partial charge on any atom is 0.0453 e. The first kappa shape index (κ1) is 5.42. The van der Waals surface area contributed by atoms with Crippen LogP contribution >= 0.6 is 0 Å². The molecule has 0 amide bonds. The molecule has 0 bridgehead atoms. The van der Waals surface area contributed by atoms with E-state index in [1.807, 2.05) is 0 Å². The highest BCUT2D eigenvalue weighted by Crippen LogP contribution is 2.36. The summed E-state index contributed by atoms with van der Waals surface area (Å²) in [5.74, 6) is 0. The Kier molecular flexibility index (Phi) is 0.823. The van der Waals surface area contributed by atoms with E-state index in [0.29, 0.717) is 0 Å². The third-order valence-corrected chi connectivity index (χ3v) is 2.49. The molecule has 0 radical (unpaired) electrons. The molecule has 11 heavy (non-hydrogen) atoms. The second-order valence-electron chi connectivity index (χ2n) is 3.11. The summed E-state index contributed by atoms with van der Waals surface area (Å²) in [6.45, 7) is 1.11. The first-order valence-corrected chi connectivity index (χ1v) is 4.03. The smallest absolute Gasteiger partial charge is 0.0453 e. The van der Waals surface area contributed by atoms with Crippen molar-refractivity contribution in [2.45, 2.75) is 6.42 Å². The third kappa shape index (κ3) is 0.559. The minimum atomic E-state index is 1.11. The lowest BCUT2D eigenvalue weighted by molar-refractivity contribution is 1.11. The zero-order valence-corrected chi connectivity index (χ0v) is 6.22. The van der Waals surface area contributed by atoms with Crippen molar-refractivity contribution in [1.82, 2.24) is 0 Å². The van der Waals surface area contributed by atoms with Crippen molar-refractivity contribution < 1.29 is 0 Å². The average molecular weight is 143 g/mol. The molecule has 1 heterocycles. The minimum Gasteiger partial charge on any atom is -0.384 e. The Bertz CT molecular complexity index is 350. The van der Waals surface area contributed by atoms with Crippen LogP contribution in [0.3, 0.4) is 0 Å². The van der Waals surface area contributed by atoms with E-state index in [2.05, 4.69) is 29.6 Å². The van der Waals surface area contributed by atoms with E-state index in [9.17, 15) is 0 Å². The molecular weight excluding hydrogens is 134 g/mol. The summed E-state index contributed by atoms with van der Waals surface area (Å²) in [5.41, 5.74) is 5.66. The molecule has 0 saturated carbocycles. The van der Waals surface area contributed by atoms with Crippen LogP contribution in [0.15, 0.2) is 12.1 Å². The van der Waals surface area contributed by atoms with Crippen LogP contribution in [0.25, 0.3) is 12.2 Å². The molecule has 1 aromatic rings. The van der Waals surface area contributed by atoms with Crippen molar-refractivity contribution in [3.63, 3.8) is 0 Å². The number of fused-ring (bicyclic) bond motifs is 3. The Morgan fingerprint density at radius 3 is 3.00 bits per heavy atom. The molecule has 3 rings (SSSR count). The predicted octanol–water partition coefficient (Wildman–Crippen LogP) is 2.14. The van der Waals surface area contributed by atoms with E-state index in [1.54, 1.807) is 0 Å². The van der Waals surface area contributed by atoms with Gasteiger partial charge in [-0.05, 0) is 17.5 Å². The summed E-state index contributed by atoms with van der Waals surface area (Å²) in [7, 11) is 0. The molecule has 0 atom stereocenters. The Hall–Kier alpha value is -1.24. The highest BCUT2D eigenvalue weighted by molar-refractivity contribution is 5.93. The maximum absolute atomic E-state index is 3.41. The quantitative estimate of drug-likeness (QED) is 0.595. The molecule has 1 N–H and O–H groups in total. The van der Waals surface area contributed by atoms with E-state index >= 15 is 0 Å². The van der Waals surface area contributed by atoms with Gasteiger partial charge in [0.2, 0.25) is 0 Å². The standard InChI is InChI=1S/C10H9N/c1-2-8-5-6-11-10(8)9-4-3-7(1)9/h1-4,11H,5-6H2. The van der Waals surface area contributed by atoms with Gasteiger partial charge in [-0.1, -0.05) is 24.3 Å². The molecule has 1 heteroatoms. The first-order valence-electron chi connectivity index (χ1n) is 4.03. The highest BCUT2D eigenvalue weighted by atomic mass is 14.9. The molecule has 1 nitrogen and oxygen atoms in total. The second-order valence-corrected chi connectivity index (χ2v) is 3.11. The molecule has 0 saturated heterocycles. The van der Waals surface area contributed by atoms with Gasteiger partial charge in [-0.15, -0.1) is 0 Å². The van der Waals surface area contributed by atoms with Crippen LogP contribution in [-0.4, -0.2) is 6.54 Å². The molecule has 0 aromatic heterocycles. The molecule has 0 unspecified atom stereocenters. The van der Waals surface area contributed by atoms with Gasteiger partial charge in [-0.25, -0.2) is 0 Å². The van der Waals surface area contributed by atoms with Crippen molar-refractivity contribution in [3.05, 3.63) is 28.8 Å². The fraction of sp³-hybridized carbons (Fsp3) is 0.200. The van der Waals surface area contributed by atoms with Gasteiger partial charge >= 0.3 is 0 Å². The molecule has 54 valence electrons. The van der Waals surface area contributed by atoms with Crippen molar-refractivity contribution in [2.24, 2.45) is 0 Å². The second kappa shape index (κ2) is 1.67. The number of rotatable bonds is 0. The van der Waals surface area contributed by atoms with Gasteiger partial charge < -0.3 is 5.32 Å². The molecule has 1 aliphatic heterocycles. The van der Waals surface area contributed by atoms with Crippen molar-refractivity contribution in [3.8, 4) is 0 Å². The minimum absolute atomic E-state index is 1.11. The van der Waals surface area contributed by atoms with Gasteiger partial charge in [0.05, 0.1) is 0 Å². The van der Waals surface area contributed by atoms with Gasteiger partial charge in [-0.2, -0.15) is 0 Å². The van der Waals surface area contributed by atoms with E-state index < -0.39 is 0 Å². The summed E-state index contributed by atoms with van der Waals surface area (Å²) in [6.07, 6.45) is 5.54. The monoisotopic (exact) mass is 143 g/mol. The summed E-state index contributed by atoms with van der Waals surface area (Å²) >= 11 is 0. The molecule has 2 aliphatic rings. The highest BCUT2D eigenvalue weighted by Gasteiger charge is 2.17. The van der Waals surface area contributed by atoms with E-state index in [1.165, 1.54) is 28.8 Å². The fourth-order valence-electron chi connectivity index (χ4n) is 1.82. The summed E-state index contributed by atoms with van der Waals surface area (Å²) < 4.78 is 0. The van der Waals surface area contributed by atoms with Crippen molar-refractivity contribution >= 4 is 17.8 Å². The summed E-state index contributed by atoms with van der Waals surface area (Å²) in [5, 5.41) is 3.41. The number of hydrogen-bond donors (Lipinski definition) is 1. The van der Waals surface area contributed by atoms with Crippen LogP contribution < -0.4 is 5.32 Å². The van der Waals surface area contributed by atoms with Gasteiger partial charge in [-0.3, -0.25) is 0 Å². The van der Waals surface area contributed by atoms with Crippen molar-refractivity contribution in [2.75, 3.05) is 11.9 Å². The van der Waals surface area contributed by atoms with Crippen LogP contribution in [0, 0.1) is 0 Å². The predicted molar refractivity (Wildman–Crippen MR) is 47.6 cm³/mol. The molecule has 1 aliphatic carbocycles. The Morgan fingerprint density at radius 2 is 2.18 bits per heavy atom. The summed E-state index contributed by atoms with van der Waals surface area (Å²) in [4.78, 5) is 0. The average Bonchev–Trinajstić information content (AvgIpc) is 2.34. The lowest BCUT2D eigenvalue weighted by Gasteiger charge is -2.14. The number of nitrogens with one attached hydrogen (secondary N) is 1.